The molecule has 0 aliphatic rings. The number of hydrogen-bond acceptors (Lipinski definition) is 5. The van der Waals surface area contributed by atoms with Crippen molar-refractivity contribution in [2.45, 2.75) is 27.3 Å². The maximum absolute atomic E-state index is 11.5. The van der Waals surface area contributed by atoms with Crippen molar-refractivity contribution in [2.75, 3.05) is 40.5 Å². The smallest absolute Gasteiger partial charge is 0.310 e. The molecule has 1 atom stereocenters. The van der Waals surface area contributed by atoms with E-state index >= 15 is 0 Å². The molecule has 7 nitrogen and oxygen atoms in total. The Hall–Kier alpha value is -1.55. The highest BCUT2D eigenvalue weighted by Gasteiger charge is 2.13. The van der Waals surface area contributed by atoms with Crippen LogP contribution in [0.15, 0.2) is 23.2 Å². The molecule has 154 valence electrons. The van der Waals surface area contributed by atoms with Crippen LogP contribution >= 0.6 is 24.0 Å². The summed E-state index contributed by atoms with van der Waals surface area (Å²) in [7, 11) is 3.04. The summed E-state index contributed by atoms with van der Waals surface area (Å²) in [5.74, 6) is 0.952. The number of rotatable bonds is 10. The summed E-state index contributed by atoms with van der Waals surface area (Å²) in [6.45, 7) is 8.49. The lowest BCUT2D eigenvalue weighted by molar-refractivity contribution is -0.144. The molecule has 0 aliphatic carbocycles. The van der Waals surface area contributed by atoms with Gasteiger partial charge in [-0.05, 0) is 25.5 Å². The molecule has 27 heavy (non-hydrogen) atoms. The predicted molar refractivity (Wildman–Crippen MR) is 118 cm³/mol. The zero-order valence-corrected chi connectivity index (χ0v) is 19.2. The van der Waals surface area contributed by atoms with Gasteiger partial charge in [0.25, 0.3) is 0 Å². The molecule has 1 aromatic carbocycles. The fourth-order valence-corrected chi connectivity index (χ4v) is 2.20. The molecular formula is C19H32IN3O4. The molecule has 0 bridgehead atoms. The Kier molecular flexibility index (Phi) is 13.7. The first-order chi connectivity index (χ1) is 12.5. The van der Waals surface area contributed by atoms with Gasteiger partial charge in [-0.1, -0.05) is 19.1 Å². The first-order valence-electron chi connectivity index (χ1n) is 8.83. The predicted octanol–water partition coefficient (Wildman–Crippen LogP) is 2.50. The molecule has 0 amide bonds. The molecule has 0 saturated heterocycles. The largest absolute Gasteiger partial charge is 0.491 e. The highest BCUT2D eigenvalue weighted by molar-refractivity contribution is 14.0. The number of aliphatic imine (C=N–C) groups is 1. The standard InChI is InChI=1S/C19H31N3O4.HI/c1-6-20-19(21-12-15(3)18(23)25-5)22-13-16-8-7-14(2)11-17(16)26-10-9-24-4;/h7-8,11,15H,6,9-10,12-13H2,1-5H3,(H2,20,21,22);1H. The average Bonchev–Trinajstić information content (AvgIpc) is 2.64. The van der Waals surface area contributed by atoms with Crippen LogP contribution in [0.3, 0.4) is 0 Å². The number of hydrogen-bond donors (Lipinski definition) is 2. The minimum absolute atomic E-state index is 0. The Bertz CT molecular complexity index is 596. The molecule has 0 heterocycles. The molecule has 1 aromatic rings. The van der Waals surface area contributed by atoms with E-state index in [4.69, 9.17) is 14.2 Å². The third-order valence-electron chi connectivity index (χ3n) is 3.70. The molecule has 1 rings (SSSR count). The molecule has 8 heteroatoms. The topological polar surface area (TPSA) is 81.2 Å². The Morgan fingerprint density at radius 2 is 1.96 bits per heavy atom. The van der Waals surface area contributed by atoms with Crippen LogP contribution in [0.2, 0.25) is 0 Å². The first kappa shape index (κ1) is 25.4. The van der Waals surface area contributed by atoms with E-state index in [1.165, 1.54) is 7.11 Å². The van der Waals surface area contributed by atoms with Gasteiger partial charge in [0, 0.05) is 25.8 Å². The van der Waals surface area contributed by atoms with Crippen LogP contribution in [0.1, 0.15) is 25.0 Å². The van der Waals surface area contributed by atoms with Crippen molar-refractivity contribution in [1.82, 2.24) is 10.6 Å². The summed E-state index contributed by atoms with van der Waals surface area (Å²) in [5, 5.41) is 6.34. The van der Waals surface area contributed by atoms with E-state index in [1.807, 2.05) is 39.0 Å². The number of nitrogens with zero attached hydrogens (tertiary/aromatic N) is 1. The van der Waals surface area contributed by atoms with E-state index in [9.17, 15) is 4.79 Å². The van der Waals surface area contributed by atoms with Gasteiger partial charge in [-0.2, -0.15) is 0 Å². The van der Waals surface area contributed by atoms with Crippen LogP contribution in [0.5, 0.6) is 5.75 Å². The number of methoxy groups -OCH3 is 2. The van der Waals surface area contributed by atoms with Crippen molar-refractivity contribution in [2.24, 2.45) is 10.9 Å². The zero-order chi connectivity index (χ0) is 19.4. The minimum atomic E-state index is -0.254. The number of nitrogens with one attached hydrogen (secondary N) is 2. The van der Waals surface area contributed by atoms with Crippen LogP contribution in [-0.2, 0) is 20.8 Å². The summed E-state index contributed by atoms with van der Waals surface area (Å²) in [6.07, 6.45) is 0. The van der Waals surface area contributed by atoms with Crippen molar-refractivity contribution in [3.05, 3.63) is 29.3 Å². The van der Waals surface area contributed by atoms with E-state index < -0.39 is 0 Å². The lowest BCUT2D eigenvalue weighted by atomic mass is 10.1. The van der Waals surface area contributed by atoms with Crippen LogP contribution < -0.4 is 15.4 Å². The summed E-state index contributed by atoms with van der Waals surface area (Å²) < 4.78 is 15.6. The van der Waals surface area contributed by atoms with Crippen LogP contribution in [0, 0.1) is 12.8 Å². The number of aryl methyl sites for hydroxylation is 1. The fraction of sp³-hybridized carbons (Fsp3) is 0.579. The van der Waals surface area contributed by atoms with Gasteiger partial charge in [-0.25, -0.2) is 4.99 Å². The Labute approximate surface area is 179 Å². The van der Waals surface area contributed by atoms with E-state index in [1.54, 1.807) is 7.11 Å². The van der Waals surface area contributed by atoms with Crippen molar-refractivity contribution < 1.29 is 19.0 Å². The molecule has 0 fully saturated rings. The first-order valence-corrected chi connectivity index (χ1v) is 8.83. The maximum Gasteiger partial charge on any atom is 0.310 e. The summed E-state index contributed by atoms with van der Waals surface area (Å²) in [5.41, 5.74) is 2.12. The van der Waals surface area contributed by atoms with Gasteiger partial charge in [0.15, 0.2) is 5.96 Å². The third kappa shape index (κ3) is 9.81. The number of carbonyl (C=O) groups is 1. The van der Waals surface area contributed by atoms with Gasteiger partial charge in [0.2, 0.25) is 0 Å². The normalized spacial score (nSPS) is 12.0. The molecule has 0 aromatic heterocycles. The highest BCUT2D eigenvalue weighted by atomic mass is 127. The quantitative estimate of drug-likeness (QED) is 0.172. The second-order valence-corrected chi connectivity index (χ2v) is 5.95. The Balaban J connectivity index is 0.00000676. The molecule has 2 N–H and O–H groups in total. The van der Waals surface area contributed by atoms with Crippen LogP contribution in [-0.4, -0.2) is 52.5 Å². The summed E-state index contributed by atoms with van der Waals surface area (Å²) in [6, 6.07) is 6.05. The van der Waals surface area contributed by atoms with Crippen molar-refractivity contribution >= 4 is 35.9 Å². The second-order valence-electron chi connectivity index (χ2n) is 5.95. The summed E-state index contributed by atoms with van der Waals surface area (Å²) >= 11 is 0. The maximum atomic E-state index is 11.5. The third-order valence-corrected chi connectivity index (χ3v) is 3.70. The lowest BCUT2D eigenvalue weighted by Gasteiger charge is -2.15. The van der Waals surface area contributed by atoms with Gasteiger partial charge in [0.1, 0.15) is 12.4 Å². The number of carbonyl (C=O) groups excluding carboxylic acids is 1. The number of ether oxygens (including phenoxy) is 3. The Morgan fingerprint density at radius 3 is 2.59 bits per heavy atom. The van der Waals surface area contributed by atoms with Gasteiger partial charge in [-0.15, -0.1) is 24.0 Å². The van der Waals surface area contributed by atoms with Gasteiger partial charge in [0.05, 0.1) is 26.2 Å². The van der Waals surface area contributed by atoms with Crippen molar-refractivity contribution in [3.63, 3.8) is 0 Å². The van der Waals surface area contributed by atoms with E-state index in [0.29, 0.717) is 32.3 Å². The zero-order valence-electron chi connectivity index (χ0n) is 16.8. The van der Waals surface area contributed by atoms with Crippen LogP contribution in [0.4, 0.5) is 0 Å². The molecule has 0 saturated carbocycles. The number of guanidine groups is 1. The average molecular weight is 493 g/mol. The van der Waals surface area contributed by atoms with E-state index in [2.05, 4.69) is 15.6 Å². The SMILES string of the molecule is CCNC(=NCc1ccc(C)cc1OCCOC)NCC(C)C(=O)OC.I. The summed E-state index contributed by atoms with van der Waals surface area (Å²) in [4.78, 5) is 16.1. The molecule has 0 aliphatic heterocycles. The number of benzene rings is 1. The monoisotopic (exact) mass is 493 g/mol. The van der Waals surface area contributed by atoms with Gasteiger partial charge >= 0.3 is 5.97 Å². The molecule has 0 radical (unpaired) electrons. The van der Waals surface area contributed by atoms with Crippen molar-refractivity contribution in [3.8, 4) is 5.75 Å². The Morgan fingerprint density at radius 1 is 1.22 bits per heavy atom. The molecule has 1 unspecified atom stereocenters. The van der Waals surface area contributed by atoms with Gasteiger partial charge < -0.3 is 24.8 Å². The highest BCUT2D eigenvalue weighted by Crippen LogP contribution is 2.21. The minimum Gasteiger partial charge on any atom is -0.491 e. The van der Waals surface area contributed by atoms with Gasteiger partial charge in [-0.3, -0.25) is 4.79 Å². The number of halogens is 1. The van der Waals surface area contributed by atoms with Crippen molar-refractivity contribution in [1.29, 1.82) is 0 Å². The lowest BCUT2D eigenvalue weighted by Crippen LogP contribution is -2.40. The number of esters is 1. The fourth-order valence-electron chi connectivity index (χ4n) is 2.20. The van der Waals surface area contributed by atoms with Crippen LogP contribution in [0.25, 0.3) is 0 Å². The van der Waals surface area contributed by atoms with E-state index in [-0.39, 0.29) is 35.9 Å². The van der Waals surface area contributed by atoms with E-state index in [0.717, 1.165) is 23.4 Å². The second kappa shape index (κ2) is 14.5. The molecule has 0 spiro atoms. The molecular weight excluding hydrogens is 461 g/mol.